The summed E-state index contributed by atoms with van der Waals surface area (Å²) < 4.78 is 33.0. The molecule has 2 aromatic rings. The van der Waals surface area contributed by atoms with Gasteiger partial charge in [-0.3, -0.25) is 4.79 Å². The highest BCUT2D eigenvalue weighted by atomic mass is 16.5. The van der Waals surface area contributed by atoms with E-state index in [1.165, 1.54) is 0 Å². The Hall–Kier alpha value is -3.61. The number of carbonyl (C=O) groups is 1. The molecule has 1 aliphatic carbocycles. The molecule has 1 saturated carbocycles. The van der Waals surface area contributed by atoms with Crippen molar-refractivity contribution in [2.75, 3.05) is 42.7 Å². The zero-order valence-corrected chi connectivity index (χ0v) is 23.3. The molecule has 1 fully saturated rings. The van der Waals surface area contributed by atoms with Gasteiger partial charge in [0.1, 0.15) is 11.5 Å². The number of rotatable bonds is 8. The fourth-order valence-electron chi connectivity index (χ4n) is 4.56. The average Bonchev–Trinajstić information content (AvgIpc) is 2.89. The fraction of sp³-hybridized carbons (Fsp3) is 0.433. The van der Waals surface area contributed by atoms with E-state index in [1.54, 1.807) is 54.8 Å². The first-order valence-corrected chi connectivity index (χ1v) is 12.2. The number of hydrogen-bond acceptors (Lipinski definition) is 7. The van der Waals surface area contributed by atoms with Gasteiger partial charge in [0.15, 0.2) is 28.8 Å². The second-order valence-corrected chi connectivity index (χ2v) is 10.0. The van der Waals surface area contributed by atoms with Crippen molar-refractivity contribution < 1.29 is 33.2 Å². The third kappa shape index (κ3) is 6.04. The SMILES string of the molecule is COc1cc(OC)c(OC)cc1/C=C1\CC(C(C)(C)C)C/C(=C\c2cc(OC)c(OC)cc2OC)C1=O. The summed E-state index contributed by atoms with van der Waals surface area (Å²) in [5.74, 6) is 3.70. The Balaban J connectivity index is 2.16. The predicted molar refractivity (Wildman–Crippen MR) is 145 cm³/mol. The molecule has 200 valence electrons. The van der Waals surface area contributed by atoms with Crippen molar-refractivity contribution in [2.45, 2.75) is 33.6 Å². The van der Waals surface area contributed by atoms with E-state index in [1.807, 2.05) is 24.3 Å². The molecule has 0 unspecified atom stereocenters. The van der Waals surface area contributed by atoms with Gasteiger partial charge in [-0.25, -0.2) is 0 Å². The molecule has 3 rings (SSSR count). The third-order valence-corrected chi connectivity index (χ3v) is 6.87. The van der Waals surface area contributed by atoms with E-state index < -0.39 is 0 Å². The normalized spacial score (nSPS) is 18.1. The zero-order valence-electron chi connectivity index (χ0n) is 23.3. The molecule has 0 saturated heterocycles. The van der Waals surface area contributed by atoms with Gasteiger partial charge in [0.25, 0.3) is 0 Å². The van der Waals surface area contributed by atoms with Crippen LogP contribution in [0.1, 0.15) is 44.7 Å². The Labute approximate surface area is 220 Å². The smallest absolute Gasteiger partial charge is 0.185 e. The highest BCUT2D eigenvalue weighted by Gasteiger charge is 2.35. The maximum absolute atomic E-state index is 13.8. The van der Waals surface area contributed by atoms with Crippen LogP contribution in [-0.4, -0.2) is 48.4 Å². The van der Waals surface area contributed by atoms with Gasteiger partial charge >= 0.3 is 0 Å². The second-order valence-electron chi connectivity index (χ2n) is 10.0. The summed E-state index contributed by atoms with van der Waals surface area (Å²) in [6.07, 6.45) is 5.11. The molecule has 7 heteroatoms. The molecule has 37 heavy (non-hydrogen) atoms. The maximum Gasteiger partial charge on any atom is 0.185 e. The molecule has 0 N–H and O–H groups in total. The van der Waals surface area contributed by atoms with Gasteiger partial charge in [-0.15, -0.1) is 0 Å². The lowest BCUT2D eigenvalue weighted by Gasteiger charge is -2.35. The fourth-order valence-corrected chi connectivity index (χ4v) is 4.56. The summed E-state index contributed by atoms with van der Waals surface area (Å²) in [7, 11) is 9.51. The number of ether oxygens (including phenoxy) is 6. The first-order valence-electron chi connectivity index (χ1n) is 12.2. The third-order valence-electron chi connectivity index (χ3n) is 6.87. The molecule has 0 spiro atoms. The highest BCUT2D eigenvalue weighted by molar-refractivity contribution is 6.14. The van der Waals surface area contributed by atoms with Crippen LogP contribution < -0.4 is 28.4 Å². The van der Waals surface area contributed by atoms with E-state index >= 15 is 0 Å². The number of methoxy groups -OCH3 is 6. The number of hydrogen-bond donors (Lipinski definition) is 0. The van der Waals surface area contributed by atoms with E-state index in [2.05, 4.69) is 20.8 Å². The molecular weight excluding hydrogens is 472 g/mol. The first-order chi connectivity index (χ1) is 17.6. The summed E-state index contributed by atoms with van der Waals surface area (Å²) in [6.45, 7) is 6.62. The van der Waals surface area contributed by atoms with Crippen molar-refractivity contribution in [3.8, 4) is 34.5 Å². The Morgan fingerprint density at radius 1 is 0.595 bits per heavy atom. The monoisotopic (exact) mass is 510 g/mol. The van der Waals surface area contributed by atoms with Crippen molar-refractivity contribution in [1.82, 2.24) is 0 Å². The highest BCUT2D eigenvalue weighted by Crippen LogP contribution is 2.44. The van der Waals surface area contributed by atoms with Crippen molar-refractivity contribution in [3.63, 3.8) is 0 Å². The summed E-state index contributed by atoms with van der Waals surface area (Å²) >= 11 is 0. The van der Waals surface area contributed by atoms with Crippen molar-refractivity contribution in [2.24, 2.45) is 11.3 Å². The molecule has 0 radical (unpaired) electrons. The van der Waals surface area contributed by atoms with Crippen LogP contribution in [0.15, 0.2) is 35.4 Å². The molecule has 0 bridgehead atoms. The van der Waals surface area contributed by atoms with Crippen molar-refractivity contribution in [3.05, 3.63) is 46.5 Å². The minimum absolute atomic E-state index is 0.00539. The van der Waals surface area contributed by atoms with E-state index in [9.17, 15) is 4.79 Å². The standard InChI is InChI=1S/C30H38O7/c1-30(2,3)22-12-20(10-18-14-25(34-6)27(36-8)16-23(18)32-4)29(31)21(13-22)11-19-15-26(35-7)28(37-9)17-24(19)33-5/h10-11,14-17,22H,12-13H2,1-9H3/b20-10+,21-11+. The summed E-state index contributed by atoms with van der Waals surface area (Å²) in [4.78, 5) is 13.8. The molecule has 2 aromatic carbocycles. The molecular formula is C30H38O7. The summed E-state index contributed by atoms with van der Waals surface area (Å²) in [6, 6.07) is 7.20. The molecule has 0 heterocycles. The van der Waals surface area contributed by atoms with E-state index in [-0.39, 0.29) is 17.1 Å². The average molecular weight is 511 g/mol. The molecule has 1 aliphatic rings. The van der Waals surface area contributed by atoms with Crippen LogP contribution in [0.25, 0.3) is 12.2 Å². The lowest BCUT2D eigenvalue weighted by atomic mass is 9.68. The summed E-state index contributed by atoms with van der Waals surface area (Å²) in [5, 5.41) is 0. The van der Waals surface area contributed by atoms with Crippen LogP contribution in [0.5, 0.6) is 34.5 Å². The molecule has 0 aliphatic heterocycles. The largest absolute Gasteiger partial charge is 0.496 e. The minimum atomic E-state index is -0.0117. The summed E-state index contributed by atoms with van der Waals surface area (Å²) in [5.41, 5.74) is 2.91. The van der Waals surface area contributed by atoms with Crippen molar-refractivity contribution in [1.29, 1.82) is 0 Å². The van der Waals surface area contributed by atoms with Gasteiger partial charge in [0.2, 0.25) is 0 Å². The Bertz CT molecular complexity index is 1120. The van der Waals surface area contributed by atoms with Crippen LogP contribution in [-0.2, 0) is 4.79 Å². The van der Waals surface area contributed by atoms with E-state index in [0.717, 1.165) is 11.1 Å². The van der Waals surface area contributed by atoms with Crippen LogP contribution in [0.2, 0.25) is 0 Å². The van der Waals surface area contributed by atoms with Crippen LogP contribution >= 0.6 is 0 Å². The predicted octanol–water partition coefficient (Wildman–Crippen LogP) is 6.23. The van der Waals surface area contributed by atoms with Crippen LogP contribution in [0.3, 0.4) is 0 Å². The number of ketones is 1. The van der Waals surface area contributed by atoms with Gasteiger partial charge in [0, 0.05) is 34.4 Å². The zero-order chi connectivity index (χ0) is 27.3. The lowest BCUT2D eigenvalue weighted by molar-refractivity contribution is -0.113. The van der Waals surface area contributed by atoms with Crippen LogP contribution in [0, 0.1) is 11.3 Å². The Kier molecular flexibility index (Phi) is 8.79. The second kappa shape index (κ2) is 11.6. The quantitative estimate of drug-likeness (QED) is 0.390. The van der Waals surface area contributed by atoms with Gasteiger partial charge in [-0.1, -0.05) is 20.8 Å². The first kappa shape index (κ1) is 28.0. The molecule has 0 amide bonds. The van der Waals surface area contributed by atoms with Gasteiger partial charge in [-0.2, -0.15) is 0 Å². The Morgan fingerprint density at radius 3 is 1.22 bits per heavy atom. The number of allylic oxidation sites excluding steroid dienone is 2. The number of benzene rings is 2. The minimum Gasteiger partial charge on any atom is -0.496 e. The molecule has 0 atom stereocenters. The van der Waals surface area contributed by atoms with E-state index in [0.29, 0.717) is 58.5 Å². The van der Waals surface area contributed by atoms with Gasteiger partial charge < -0.3 is 28.4 Å². The van der Waals surface area contributed by atoms with Gasteiger partial charge in [0.05, 0.1) is 42.7 Å². The number of carbonyl (C=O) groups excluding carboxylic acids is 1. The topological polar surface area (TPSA) is 72.5 Å². The Morgan fingerprint density at radius 2 is 0.919 bits per heavy atom. The lowest BCUT2D eigenvalue weighted by Crippen LogP contribution is -2.29. The molecule has 7 nitrogen and oxygen atoms in total. The van der Waals surface area contributed by atoms with E-state index in [4.69, 9.17) is 28.4 Å². The maximum atomic E-state index is 13.8. The van der Waals surface area contributed by atoms with Crippen molar-refractivity contribution >= 4 is 17.9 Å². The van der Waals surface area contributed by atoms with Gasteiger partial charge in [-0.05, 0) is 48.5 Å². The number of Topliss-reactive ketones (excluding diaryl/α,β-unsaturated/α-hetero) is 1. The molecule has 0 aromatic heterocycles. The van der Waals surface area contributed by atoms with Crippen LogP contribution in [0.4, 0.5) is 0 Å².